The number of rotatable bonds is 0. The molecule has 4 heteroatoms. The average molecular weight is 205 g/mol. The Balaban J connectivity index is 1.99. The van der Waals surface area contributed by atoms with Gasteiger partial charge in [0.2, 0.25) is 0 Å². The van der Waals surface area contributed by atoms with E-state index in [0.717, 1.165) is 44.2 Å². The Morgan fingerprint density at radius 3 is 3.53 bits per heavy atom. The zero-order valence-electron chi connectivity index (χ0n) is 8.65. The molecule has 1 fully saturated rings. The summed E-state index contributed by atoms with van der Waals surface area (Å²) in [5.74, 6) is 1.95. The van der Waals surface area contributed by atoms with E-state index in [0.29, 0.717) is 6.04 Å². The Hall–Kier alpha value is -1.29. The minimum absolute atomic E-state index is 0.537. The van der Waals surface area contributed by atoms with Gasteiger partial charge in [0.25, 0.3) is 0 Å². The molecular weight excluding hydrogens is 190 g/mol. The summed E-state index contributed by atoms with van der Waals surface area (Å²) in [5.41, 5.74) is 0. The second kappa shape index (κ2) is 3.70. The van der Waals surface area contributed by atoms with Gasteiger partial charge in [0.05, 0.1) is 6.61 Å². The molecule has 1 unspecified atom stereocenters. The van der Waals surface area contributed by atoms with E-state index < -0.39 is 0 Å². The van der Waals surface area contributed by atoms with Crippen LogP contribution in [-0.2, 0) is 0 Å². The van der Waals surface area contributed by atoms with Gasteiger partial charge in [0.15, 0.2) is 11.6 Å². The molecule has 1 aromatic heterocycles. The number of anilines is 1. The van der Waals surface area contributed by atoms with Crippen molar-refractivity contribution in [2.45, 2.75) is 12.5 Å². The van der Waals surface area contributed by atoms with Gasteiger partial charge in [-0.15, -0.1) is 0 Å². The molecule has 0 aromatic carbocycles. The first kappa shape index (κ1) is 8.97. The lowest BCUT2D eigenvalue weighted by Gasteiger charge is -2.35. The summed E-state index contributed by atoms with van der Waals surface area (Å²) in [6.07, 6.45) is 2.91. The van der Waals surface area contributed by atoms with Gasteiger partial charge >= 0.3 is 0 Å². The lowest BCUT2D eigenvalue weighted by molar-refractivity contribution is 0.303. The summed E-state index contributed by atoms with van der Waals surface area (Å²) in [4.78, 5) is 6.81. The highest BCUT2D eigenvalue weighted by Gasteiger charge is 2.27. The smallest absolute Gasteiger partial charge is 0.171 e. The monoisotopic (exact) mass is 205 g/mol. The van der Waals surface area contributed by atoms with E-state index in [-0.39, 0.29) is 0 Å². The maximum Gasteiger partial charge on any atom is 0.171 e. The Morgan fingerprint density at radius 1 is 1.53 bits per heavy atom. The van der Waals surface area contributed by atoms with Gasteiger partial charge in [-0.05, 0) is 12.1 Å². The molecule has 0 saturated carbocycles. The molecule has 3 heterocycles. The third-order valence-electron chi connectivity index (χ3n) is 3.08. The lowest BCUT2D eigenvalue weighted by Crippen LogP contribution is -2.51. The van der Waals surface area contributed by atoms with Crippen LogP contribution in [0.1, 0.15) is 6.42 Å². The number of nitrogens with one attached hydrogen (secondary N) is 1. The molecule has 1 aromatic rings. The quantitative estimate of drug-likeness (QED) is 0.674. The Kier molecular flexibility index (Phi) is 2.21. The van der Waals surface area contributed by atoms with E-state index in [1.165, 1.54) is 0 Å². The number of piperazine rings is 1. The summed E-state index contributed by atoms with van der Waals surface area (Å²) in [5, 5.41) is 3.42. The van der Waals surface area contributed by atoms with Crippen LogP contribution in [0.2, 0.25) is 0 Å². The van der Waals surface area contributed by atoms with E-state index in [2.05, 4.69) is 15.2 Å². The van der Waals surface area contributed by atoms with Crippen molar-refractivity contribution in [3.05, 3.63) is 18.3 Å². The van der Waals surface area contributed by atoms with Gasteiger partial charge in [-0.2, -0.15) is 0 Å². The first-order valence-corrected chi connectivity index (χ1v) is 5.50. The third-order valence-corrected chi connectivity index (χ3v) is 3.08. The molecule has 0 radical (unpaired) electrons. The second-order valence-corrected chi connectivity index (χ2v) is 4.01. The van der Waals surface area contributed by atoms with Crippen LogP contribution < -0.4 is 15.0 Å². The molecule has 1 N–H and O–H groups in total. The summed E-state index contributed by atoms with van der Waals surface area (Å²) >= 11 is 0. The zero-order chi connectivity index (χ0) is 10.1. The number of nitrogens with zero attached hydrogens (tertiary/aromatic N) is 2. The Labute approximate surface area is 89.3 Å². The van der Waals surface area contributed by atoms with Gasteiger partial charge in [-0.3, -0.25) is 0 Å². The van der Waals surface area contributed by atoms with Crippen molar-refractivity contribution in [3.63, 3.8) is 0 Å². The van der Waals surface area contributed by atoms with Crippen LogP contribution in [0.15, 0.2) is 18.3 Å². The number of aromatic nitrogens is 1. The molecule has 15 heavy (non-hydrogen) atoms. The SMILES string of the molecule is c1cnc2c(c1)OCCC1CNCCN21. The largest absolute Gasteiger partial charge is 0.490 e. The fourth-order valence-electron chi connectivity index (χ4n) is 2.31. The summed E-state index contributed by atoms with van der Waals surface area (Å²) in [6.45, 7) is 3.89. The van der Waals surface area contributed by atoms with Crippen molar-refractivity contribution >= 4 is 5.82 Å². The highest BCUT2D eigenvalue weighted by atomic mass is 16.5. The Bertz CT molecular complexity index is 355. The molecule has 0 amide bonds. The summed E-state index contributed by atoms with van der Waals surface area (Å²) in [7, 11) is 0. The minimum Gasteiger partial charge on any atom is -0.490 e. The molecule has 0 bridgehead atoms. The van der Waals surface area contributed by atoms with Crippen molar-refractivity contribution in [2.24, 2.45) is 0 Å². The highest BCUT2D eigenvalue weighted by Crippen LogP contribution is 2.30. The molecule has 1 atom stereocenters. The zero-order valence-corrected chi connectivity index (χ0v) is 8.65. The number of pyridine rings is 1. The minimum atomic E-state index is 0.537. The fourth-order valence-corrected chi connectivity index (χ4v) is 2.31. The van der Waals surface area contributed by atoms with Crippen LogP contribution in [0.4, 0.5) is 5.82 Å². The van der Waals surface area contributed by atoms with Crippen molar-refractivity contribution < 1.29 is 4.74 Å². The van der Waals surface area contributed by atoms with Crippen LogP contribution in [0.25, 0.3) is 0 Å². The van der Waals surface area contributed by atoms with E-state index in [1.807, 2.05) is 18.3 Å². The van der Waals surface area contributed by atoms with Crippen molar-refractivity contribution in [1.82, 2.24) is 10.3 Å². The molecular formula is C11H15N3O. The van der Waals surface area contributed by atoms with E-state index in [9.17, 15) is 0 Å². The molecule has 3 rings (SSSR count). The van der Waals surface area contributed by atoms with Gasteiger partial charge < -0.3 is 15.0 Å². The maximum atomic E-state index is 5.71. The van der Waals surface area contributed by atoms with Gasteiger partial charge in [-0.1, -0.05) is 0 Å². The first-order valence-electron chi connectivity index (χ1n) is 5.50. The van der Waals surface area contributed by atoms with Crippen LogP contribution in [-0.4, -0.2) is 37.3 Å². The lowest BCUT2D eigenvalue weighted by atomic mass is 10.1. The predicted molar refractivity (Wildman–Crippen MR) is 58.4 cm³/mol. The molecule has 4 nitrogen and oxygen atoms in total. The van der Waals surface area contributed by atoms with Crippen LogP contribution in [0.3, 0.4) is 0 Å². The van der Waals surface area contributed by atoms with E-state index in [4.69, 9.17) is 4.74 Å². The van der Waals surface area contributed by atoms with E-state index >= 15 is 0 Å². The standard InChI is InChI=1S/C11H15N3O/c1-2-10-11(13-4-1)14-6-5-12-8-9(14)3-7-15-10/h1-2,4,9,12H,3,5-8H2. The average Bonchev–Trinajstić information content (AvgIpc) is 2.48. The summed E-state index contributed by atoms with van der Waals surface area (Å²) < 4.78 is 5.71. The molecule has 80 valence electrons. The van der Waals surface area contributed by atoms with Crippen molar-refractivity contribution in [2.75, 3.05) is 31.1 Å². The number of ether oxygens (including phenoxy) is 1. The molecule has 2 aliphatic rings. The van der Waals surface area contributed by atoms with Crippen LogP contribution in [0.5, 0.6) is 5.75 Å². The predicted octanol–water partition coefficient (Wildman–Crippen LogP) is 0.642. The third kappa shape index (κ3) is 1.55. The van der Waals surface area contributed by atoms with Crippen molar-refractivity contribution in [1.29, 1.82) is 0 Å². The number of fused-ring (bicyclic) bond motifs is 3. The summed E-state index contributed by atoms with van der Waals surface area (Å²) in [6, 6.07) is 4.48. The van der Waals surface area contributed by atoms with Gasteiger partial charge in [0.1, 0.15) is 0 Å². The normalized spacial score (nSPS) is 24.8. The van der Waals surface area contributed by atoms with Crippen LogP contribution >= 0.6 is 0 Å². The van der Waals surface area contributed by atoms with Gasteiger partial charge in [-0.25, -0.2) is 4.98 Å². The number of hydrogen-bond acceptors (Lipinski definition) is 4. The van der Waals surface area contributed by atoms with Gasteiger partial charge in [0, 0.05) is 38.3 Å². The molecule has 2 aliphatic heterocycles. The first-order chi connectivity index (χ1) is 7.45. The second-order valence-electron chi connectivity index (χ2n) is 4.01. The maximum absolute atomic E-state index is 5.71. The molecule has 1 saturated heterocycles. The number of hydrogen-bond donors (Lipinski definition) is 1. The fraction of sp³-hybridized carbons (Fsp3) is 0.545. The highest BCUT2D eigenvalue weighted by molar-refractivity contribution is 5.54. The molecule has 0 spiro atoms. The Morgan fingerprint density at radius 2 is 2.53 bits per heavy atom. The molecule has 0 aliphatic carbocycles. The van der Waals surface area contributed by atoms with Crippen molar-refractivity contribution in [3.8, 4) is 5.75 Å². The van der Waals surface area contributed by atoms with E-state index in [1.54, 1.807) is 0 Å². The topological polar surface area (TPSA) is 37.4 Å². The van der Waals surface area contributed by atoms with Crippen LogP contribution in [0, 0.1) is 0 Å².